The zero-order valence-corrected chi connectivity index (χ0v) is 19.3. The van der Waals surface area contributed by atoms with Gasteiger partial charge in [0.15, 0.2) is 12.6 Å². The van der Waals surface area contributed by atoms with Crippen molar-refractivity contribution in [2.75, 3.05) is 26.7 Å². The maximum absolute atomic E-state index is 12.1. The van der Waals surface area contributed by atoms with Crippen LogP contribution in [-0.2, 0) is 6.54 Å². The van der Waals surface area contributed by atoms with Gasteiger partial charge in [-0.25, -0.2) is 4.98 Å². The van der Waals surface area contributed by atoms with Gasteiger partial charge in [0.1, 0.15) is 0 Å². The fraction of sp³-hybridized carbons (Fsp3) is 0.667. The molecule has 0 radical (unpaired) electrons. The highest BCUT2D eigenvalue weighted by Crippen LogP contribution is 2.17. The number of ether oxygens (including phenoxy) is 1. The molecule has 2 N–H and O–H groups in total. The van der Waals surface area contributed by atoms with E-state index in [-0.39, 0.29) is 29.9 Å². The number of nitrogens with one attached hydrogen (secondary N) is 2. The van der Waals surface area contributed by atoms with E-state index in [1.807, 2.05) is 0 Å². The summed E-state index contributed by atoms with van der Waals surface area (Å²) in [7, 11) is 1.68. The number of aliphatic imine (C=N–C) groups is 1. The van der Waals surface area contributed by atoms with Gasteiger partial charge in [-0.3, -0.25) is 9.89 Å². The van der Waals surface area contributed by atoms with E-state index in [1.54, 1.807) is 13.1 Å². The van der Waals surface area contributed by atoms with Crippen LogP contribution in [0.1, 0.15) is 33.3 Å². The summed E-state index contributed by atoms with van der Waals surface area (Å²) in [4.78, 5) is 10.4. The minimum atomic E-state index is -4.37. The minimum Gasteiger partial charge on any atom is -0.468 e. The molecule has 0 aliphatic carbocycles. The lowest BCUT2D eigenvalue weighted by Crippen LogP contribution is -2.45. The lowest BCUT2D eigenvalue weighted by Gasteiger charge is -2.30. The minimum absolute atomic E-state index is 0. The van der Waals surface area contributed by atoms with Crippen LogP contribution in [0.5, 0.6) is 5.88 Å². The van der Waals surface area contributed by atoms with E-state index >= 15 is 0 Å². The molecule has 0 atom stereocenters. The highest BCUT2D eigenvalue weighted by atomic mass is 127. The average Bonchev–Trinajstić information content (AvgIpc) is 2.59. The highest BCUT2D eigenvalue weighted by molar-refractivity contribution is 14.0. The molecular weight excluding hydrogens is 486 g/mol. The van der Waals surface area contributed by atoms with Crippen LogP contribution >= 0.6 is 24.0 Å². The van der Waals surface area contributed by atoms with Crippen LogP contribution in [0.25, 0.3) is 0 Å². The van der Waals surface area contributed by atoms with Crippen molar-refractivity contribution in [2.24, 2.45) is 4.99 Å². The number of guanidine groups is 1. The van der Waals surface area contributed by atoms with Crippen LogP contribution in [0.2, 0.25) is 0 Å². The number of aromatic nitrogens is 1. The Labute approximate surface area is 182 Å². The van der Waals surface area contributed by atoms with E-state index in [2.05, 4.69) is 57.9 Å². The van der Waals surface area contributed by atoms with Gasteiger partial charge in [0.25, 0.3) is 0 Å². The number of alkyl halides is 3. The first-order chi connectivity index (χ1) is 12.6. The fourth-order valence-corrected chi connectivity index (χ4v) is 2.58. The predicted molar refractivity (Wildman–Crippen MR) is 116 cm³/mol. The summed E-state index contributed by atoms with van der Waals surface area (Å²) in [6, 6.07) is 4.01. The predicted octanol–water partition coefficient (Wildman–Crippen LogP) is 3.42. The standard InChI is InChI=1S/C18H30F3N5O.HI/c1-13(2)26(14(3)4)9-8-23-17(22-5)25-11-15-6-7-16(24-10-15)27-12-18(19,20)21;/h6-7,10,13-14H,8-9,11-12H2,1-5H3,(H2,22,23,25);1H. The first-order valence-electron chi connectivity index (χ1n) is 8.97. The van der Waals surface area contributed by atoms with E-state index in [0.29, 0.717) is 24.6 Å². The summed E-state index contributed by atoms with van der Waals surface area (Å²) in [6.45, 7) is 9.41. The normalized spacial score (nSPS) is 12.3. The smallest absolute Gasteiger partial charge is 0.422 e. The summed E-state index contributed by atoms with van der Waals surface area (Å²) in [6.07, 6.45) is -2.90. The molecule has 0 aliphatic rings. The largest absolute Gasteiger partial charge is 0.468 e. The Kier molecular flexibility index (Phi) is 12.4. The molecule has 162 valence electrons. The Morgan fingerprint density at radius 1 is 1.18 bits per heavy atom. The number of rotatable bonds is 9. The highest BCUT2D eigenvalue weighted by Gasteiger charge is 2.28. The molecule has 0 saturated carbocycles. The van der Waals surface area contributed by atoms with Crippen molar-refractivity contribution in [3.8, 4) is 5.88 Å². The number of pyridine rings is 1. The van der Waals surface area contributed by atoms with Crippen molar-refractivity contribution in [2.45, 2.75) is 52.5 Å². The molecule has 0 bridgehead atoms. The Bertz CT molecular complexity index is 572. The number of halogens is 4. The zero-order chi connectivity index (χ0) is 20.4. The molecule has 1 rings (SSSR count). The first kappa shape index (κ1) is 26.7. The van der Waals surface area contributed by atoms with Crippen LogP contribution in [0.15, 0.2) is 23.3 Å². The molecule has 0 unspecified atom stereocenters. The Hall–Kier alpha value is -1.30. The van der Waals surface area contributed by atoms with Gasteiger partial charge < -0.3 is 15.4 Å². The summed E-state index contributed by atoms with van der Waals surface area (Å²) < 4.78 is 41.0. The van der Waals surface area contributed by atoms with Crippen molar-refractivity contribution in [1.29, 1.82) is 0 Å². The maximum atomic E-state index is 12.1. The molecule has 1 heterocycles. The molecule has 0 aromatic carbocycles. The zero-order valence-electron chi connectivity index (χ0n) is 17.0. The SMILES string of the molecule is CN=C(NCCN(C(C)C)C(C)C)NCc1ccc(OCC(F)(F)F)nc1.I. The summed E-state index contributed by atoms with van der Waals surface area (Å²) in [5, 5.41) is 6.41. The number of hydrogen-bond donors (Lipinski definition) is 2. The van der Waals surface area contributed by atoms with Gasteiger partial charge >= 0.3 is 6.18 Å². The molecule has 0 fully saturated rings. The third-order valence-corrected chi connectivity index (χ3v) is 3.85. The van der Waals surface area contributed by atoms with E-state index < -0.39 is 12.8 Å². The van der Waals surface area contributed by atoms with Crippen molar-refractivity contribution < 1.29 is 17.9 Å². The molecule has 0 spiro atoms. The van der Waals surface area contributed by atoms with E-state index in [9.17, 15) is 13.2 Å². The maximum Gasteiger partial charge on any atom is 0.422 e. The molecule has 0 saturated heterocycles. The monoisotopic (exact) mass is 517 g/mol. The number of nitrogens with zero attached hydrogens (tertiary/aromatic N) is 3. The van der Waals surface area contributed by atoms with Gasteiger partial charge in [-0.1, -0.05) is 6.07 Å². The van der Waals surface area contributed by atoms with Gasteiger partial charge in [-0.05, 0) is 33.3 Å². The van der Waals surface area contributed by atoms with E-state index in [4.69, 9.17) is 0 Å². The molecule has 0 amide bonds. The summed E-state index contributed by atoms with van der Waals surface area (Å²) >= 11 is 0. The Morgan fingerprint density at radius 2 is 1.82 bits per heavy atom. The number of hydrogen-bond acceptors (Lipinski definition) is 4. The van der Waals surface area contributed by atoms with Gasteiger partial charge in [-0.2, -0.15) is 13.2 Å². The van der Waals surface area contributed by atoms with Crippen LogP contribution in [0.3, 0.4) is 0 Å². The van der Waals surface area contributed by atoms with Crippen LogP contribution in [0, 0.1) is 0 Å². The van der Waals surface area contributed by atoms with Crippen LogP contribution < -0.4 is 15.4 Å². The molecule has 6 nitrogen and oxygen atoms in total. The van der Waals surface area contributed by atoms with Gasteiger partial charge in [-0.15, -0.1) is 24.0 Å². The van der Waals surface area contributed by atoms with Crippen LogP contribution in [0.4, 0.5) is 13.2 Å². The van der Waals surface area contributed by atoms with Crippen molar-refractivity contribution in [3.63, 3.8) is 0 Å². The quantitative estimate of drug-likeness (QED) is 0.299. The van der Waals surface area contributed by atoms with Gasteiger partial charge in [0.05, 0.1) is 0 Å². The topological polar surface area (TPSA) is 61.8 Å². The van der Waals surface area contributed by atoms with Crippen molar-refractivity contribution in [3.05, 3.63) is 23.9 Å². The average molecular weight is 517 g/mol. The summed E-state index contributed by atoms with van der Waals surface area (Å²) in [5.41, 5.74) is 0.809. The third kappa shape index (κ3) is 10.9. The van der Waals surface area contributed by atoms with E-state index in [1.165, 1.54) is 12.3 Å². The van der Waals surface area contributed by atoms with E-state index in [0.717, 1.165) is 18.7 Å². The lowest BCUT2D eigenvalue weighted by atomic mass is 10.2. The second kappa shape index (κ2) is 13.0. The van der Waals surface area contributed by atoms with Crippen molar-refractivity contribution in [1.82, 2.24) is 20.5 Å². The fourth-order valence-electron chi connectivity index (χ4n) is 2.58. The molecular formula is C18H31F3IN5O. The molecule has 1 aromatic heterocycles. The molecule has 10 heteroatoms. The first-order valence-corrected chi connectivity index (χ1v) is 8.97. The second-order valence-electron chi connectivity index (χ2n) is 6.69. The van der Waals surface area contributed by atoms with Crippen LogP contribution in [-0.4, -0.2) is 60.8 Å². The molecule has 1 aromatic rings. The Morgan fingerprint density at radius 3 is 2.29 bits per heavy atom. The lowest BCUT2D eigenvalue weighted by molar-refractivity contribution is -0.154. The Balaban J connectivity index is 0.00000729. The van der Waals surface area contributed by atoms with Crippen molar-refractivity contribution >= 4 is 29.9 Å². The second-order valence-corrected chi connectivity index (χ2v) is 6.69. The third-order valence-electron chi connectivity index (χ3n) is 3.85. The van der Waals surface area contributed by atoms with Gasteiger partial charge in [0, 0.05) is 51.0 Å². The molecule has 0 aliphatic heterocycles. The summed E-state index contributed by atoms with van der Waals surface area (Å²) in [5.74, 6) is 0.598. The molecule has 28 heavy (non-hydrogen) atoms. The van der Waals surface area contributed by atoms with Gasteiger partial charge in [0.2, 0.25) is 5.88 Å².